The van der Waals surface area contributed by atoms with Crippen LogP contribution in [0.4, 0.5) is 4.79 Å². The maximum atomic E-state index is 11.8. The van der Waals surface area contributed by atoms with Crippen LogP contribution < -0.4 is 11.1 Å². The highest BCUT2D eigenvalue weighted by Crippen LogP contribution is 2.27. The lowest BCUT2D eigenvalue weighted by Gasteiger charge is -2.34. The second-order valence-corrected chi connectivity index (χ2v) is 5.63. The zero-order valence-electron chi connectivity index (χ0n) is 13.1. The number of rotatable bonds is 4. The van der Waals surface area contributed by atoms with E-state index in [1.54, 1.807) is 0 Å². The fourth-order valence-corrected chi connectivity index (χ4v) is 2.62. The van der Waals surface area contributed by atoms with Crippen molar-refractivity contribution < 1.29 is 19.1 Å². The molecule has 0 atom stereocenters. The Labute approximate surface area is 142 Å². The quantitative estimate of drug-likeness (QED) is 0.818. The Kier molecular flexibility index (Phi) is 7.32. The molecule has 0 unspecified atom stereocenters. The molecule has 23 heavy (non-hydrogen) atoms. The molecule has 1 aliphatic rings. The van der Waals surface area contributed by atoms with E-state index >= 15 is 0 Å². The molecule has 1 fully saturated rings. The van der Waals surface area contributed by atoms with Gasteiger partial charge >= 0.3 is 12.1 Å². The van der Waals surface area contributed by atoms with E-state index in [1.165, 1.54) is 7.11 Å². The summed E-state index contributed by atoms with van der Waals surface area (Å²) < 4.78 is 9.90. The highest BCUT2D eigenvalue weighted by atomic mass is 35.5. The third-order valence-electron chi connectivity index (χ3n) is 4.00. The molecule has 1 saturated carbocycles. The number of halogens is 1. The van der Waals surface area contributed by atoms with Crippen molar-refractivity contribution in [3.63, 3.8) is 0 Å². The Bertz CT molecular complexity index is 516. The lowest BCUT2D eigenvalue weighted by atomic mass is 9.80. The van der Waals surface area contributed by atoms with Crippen molar-refractivity contribution in [1.29, 1.82) is 0 Å². The predicted molar refractivity (Wildman–Crippen MR) is 88.2 cm³/mol. The zero-order valence-corrected chi connectivity index (χ0v) is 13.9. The van der Waals surface area contributed by atoms with Crippen molar-refractivity contribution in [2.75, 3.05) is 7.11 Å². The molecule has 128 valence electrons. The molecule has 1 aromatic rings. The summed E-state index contributed by atoms with van der Waals surface area (Å²) in [4.78, 5) is 23.4. The number of amides is 1. The number of carbonyl (C=O) groups excluding carboxylic acids is 2. The summed E-state index contributed by atoms with van der Waals surface area (Å²) in [6.45, 7) is 0.238. The minimum atomic E-state index is -0.930. The average molecular weight is 343 g/mol. The third kappa shape index (κ3) is 5.41. The van der Waals surface area contributed by atoms with Gasteiger partial charge in [-0.1, -0.05) is 30.3 Å². The van der Waals surface area contributed by atoms with E-state index in [2.05, 4.69) is 5.32 Å². The molecule has 7 heteroatoms. The molecule has 1 aromatic carbocycles. The van der Waals surface area contributed by atoms with E-state index in [-0.39, 0.29) is 25.1 Å². The van der Waals surface area contributed by atoms with E-state index in [0.29, 0.717) is 25.7 Å². The number of esters is 1. The van der Waals surface area contributed by atoms with Crippen LogP contribution in [0.1, 0.15) is 31.2 Å². The second-order valence-electron chi connectivity index (χ2n) is 5.63. The standard InChI is InChI=1S/C16H22N2O4.ClH/c1-21-14(19)16(17)9-7-13(8-10-16)18-15(20)22-11-12-5-3-2-4-6-12;/h2-6,13H,7-11,17H2,1H3,(H,18,20);1H. The molecule has 1 amide bonds. The Morgan fingerprint density at radius 3 is 2.43 bits per heavy atom. The van der Waals surface area contributed by atoms with Crippen molar-refractivity contribution >= 4 is 24.5 Å². The van der Waals surface area contributed by atoms with Crippen molar-refractivity contribution in [3.05, 3.63) is 35.9 Å². The molecule has 0 spiro atoms. The highest BCUT2D eigenvalue weighted by Gasteiger charge is 2.39. The smallest absolute Gasteiger partial charge is 0.407 e. The molecule has 0 saturated heterocycles. The number of carbonyl (C=O) groups is 2. The van der Waals surface area contributed by atoms with Gasteiger partial charge in [0.05, 0.1) is 7.11 Å². The molecule has 0 radical (unpaired) electrons. The number of benzene rings is 1. The van der Waals surface area contributed by atoms with E-state index in [0.717, 1.165) is 5.56 Å². The summed E-state index contributed by atoms with van der Waals surface area (Å²) in [7, 11) is 1.34. The van der Waals surface area contributed by atoms with Gasteiger partial charge in [0.2, 0.25) is 0 Å². The molecule has 2 rings (SSSR count). The van der Waals surface area contributed by atoms with E-state index in [9.17, 15) is 9.59 Å². The highest BCUT2D eigenvalue weighted by molar-refractivity contribution is 5.85. The summed E-state index contributed by atoms with van der Waals surface area (Å²) in [6, 6.07) is 9.47. The number of hydrogen-bond donors (Lipinski definition) is 2. The Hall–Kier alpha value is -1.79. The number of nitrogens with one attached hydrogen (secondary N) is 1. The summed E-state index contributed by atoms with van der Waals surface area (Å²) in [5.41, 5.74) is 6.03. The molecule has 3 N–H and O–H groups in total. The largest absolute Gasteiger partial charge is 0.468 e. The van der Waals surface area contributed by atoms with Crippen LogP contribution in [0.5, 0.6) is 0 Å². The molecule has 0 heterocycles. The molecular weight excluding hydrogens is 320 g/mol. The fraction of sp³-hybridized carbons (Fsp3) is 0.500. The van der Waals surface area contributed by atoms with Gasteiger partial charge in [-0.3, -0.25) is 4.79 Å². The Morgan fingerprint density at radius 1 is 1.26 bits per heavy atom. The van der Waals surface area contributed by atoms with E-state index in [1.807, 2.05) is 30.3 Å². The van der Waals surface area contributed by atoms with Gasteiger partial charge in [-0.15, -0.1) is 12.4 Å². The maximum absolute atomic E-state index is 11.8. The maximum Gasteiger partial charge on any atom is 0.407 e. The van der Waals surface area contributed by atoms with Gasteiger partial charge in [0, 0.05) is 6.04 Å². The second kappa shape index (κ2) is 8.74. The van der Waals surface area contributed by atoms with Crippen LogP contribution in [-0.2, 0) is 20.9 Å². The fourth-order valence-electron chi connectivity index (χ4n) is 2.62. The van der Waals surface area contributed by atoms with Crippen LogP contribution in [0, 0.1) is 0 Å². The van der Waals surface area contributed by atoms with Crippen LogP contribution in [-0.4, -0.2) is 30.8 Å². The number of hydrogen-bond acceptors (Lipinski definition) is 5. The summed E-state index contributed by atoms with van der Waals surface area (Å²) >= 11 is 0. The van der Waals surface area contributed by atoms with Gasteiger partial charge in [-0.05, 0) is 31.2 Å². The van der Waals surface area contributed by atoms with Gasteiger partial charge in [-0.25, -0.2) is 4.79 Å². The van der Waals surface area contributed by atoms with Crippen LogP contribution in [0.3, 0.4) is 0 Å². The minimum Gasteiger partial charge on any atom is -0.468 e. The predicted octanol–water partition coefficient (Wildman–Crippen LogP) is 2.15. The van der Waals surface area contributed by atoms with E-state index < -0.39 is 17.6 Å². The lowest BCUT2D eigenvalue weighted by molar-refractivity contribution is -0.148. The number of ether oxygens (including phenoxy) is 2. The van der Waals surface area contributed by atoms with Crippen molar-refractivity contribution in [2.45, 2.75) is 43.9 Å². The van der Waals surface area contributed by atoms with Gasteiger partial charge < -0.3 is 20.5 Å². The van der Waals surface area contributed by atoms with E-state index in [4.69, 9.17) is 15.2 Å². The zero-order chi connectivity index (χ0) is 16.0. The topological polar surface area (TPSA) is 90.6 Å². The van der Waals surface area contributed by atoms with Gasteiger partial charge in [0.15, 0.2) is 0 Å². The molecule has 0 aliphatic heterocycles. The molecule has 1 aliphatic carbocycles. The Balaban J connectivity index is 0.00000264. The monoisotopic (exact) mass is 342 g/mol. The lowest BCUT2D eigenvalue weighted by Crippen LogP contribution is -2.54. The molecule has 0 aromatic heterocycles. The molecule has 0 bridgehead atoms. The first-order valence-electron chi connectivity index (χ1n) is 7.38. The van der Waals surface area contributed by atoms with Crippen LogP contribution in [0.2, 0.25) is 0 Å². The van der Waals surface area contributed by atoms with Crippen LogP contribution >= 0.6 is 12.4 Å². The van der Waals surface area contributed by atoms with Crippen LogP contribution in [0.15, 0.2) is 30.3 Å². The summed E-state index contributed by atoms with van der Waals surface area (Å²) in [5, 5.41) is 2.81. The minimum absolute atomic E-state index is 0. The first-order valence-corrected chi connectivity index (χ1v) is 7.38. The summed E-state index contributed by atoms with van der Waals surface area (Å²) in [5.74, 6) is -0.391. The third-order valence-corrected chi connectivity index (χ3v) is 4.00. The SMILES string of the molecule is COC(=O)C1(N)CCC(NC(=O)OCc2ccccc2)CC1.Cl. The number of methoxy groups -OCH3 is 1. The molecule has 6 nitrogen and oxygen atoms in total. The first kappa shape index (κ1) is 19.3. The normalized spacial score (nSPS) is 23.3. The van der Waals surface area contributed by atoms with Crippen molar-refractivity contribution in [3.8, 4) is 0 Å². The molecular formula is C16H23ClN2O4. The summed E-state index contributed by atoms with van der Waals surface area (Å²) in [6.07, 6.45) is 1.79. The first-order chi connectivity index (χ1) is 10.5. The average Bonchev–Trinajstić information content (AvgIpc) is 2.55. The number of nitrogens with two attached hydrogens (primary N) is 1. The Morgan fingerprint density at radius 2 is 1.87 bits per heavy atom. The van der Waals surface area contributed by atoms with Crippen molar-refractivity contribution in [2.24, 2.45) is 5.73 Å². The van der Waals surface area contributed by atoms with Crippen molar-refractivity contribution in [1.82, 2.24) is 5.32 Å². The van der Waals surface area contributed by atoms with Gasteiger partial charge in [-0.2, -0.15) is 0 Å². The number of alkyl carbamates (subject to hydrolysis) is 1. The van der Waals surface area contributed by atoms with Crippen LogP contribution in [0.25, 0.3) is 0 Å². The van der Waals surface area contributed by atoms with Gasteiger partial charge in [0.25, 0.3) is 0 Å². The van der Waals surface area contributed by atoms with Gasteiger partial charge in [0.1, 0.15) is 12.1 Å².